The molecule has 128 valence electrons. The van der Waals surface area contributed by atoms with Crippen LogP contribution >= 0.6 is 0 Å². The second-order valence-corrected chi connectivity index (χ2v) is 5.36. The lowest BCUT2D eigenvalue weighted by Crippen LogP contribution is -2.07. The Morgan fingerprint density at radius 3 is 2.33 bits per heavy atom. The zero-order valence-corrected chi connectivity index (χ0v) is 13.2. The van der Waals surface area contributed by atoms with Crippen LogP contribution in [0.5, 0.6) is 0 Å². The molecular weight excluding hydrogens is 319 g/mol. The molecule has 2 rings (SSSR count). The summed E-state index contributed by atoms with van der Waals surface area (Å²) < 4.78 is 42.7. The Labute approximate surface area is 138 Å². The summed E-state index contributed by atoms with van der Waals surface area (Å²) in [6.45, 7) is 0.421. The van der Waals surface area contributed by atoms with Gasteiger partial charge in [-0.2, -0.15) is 13.2 Å². The van der Waals surface area contributed by atoms with E-state index in [0.29, 0.717) is 18.5 Å². The Hall–Kier alpha value is -2.34. The topological polar surface area (TPSA) is 52.3 Å². The van der Waals surface area contributed by atoms with Crippen molar-refractivity contribution in [2.75, 3.05) is 13.7 Å². The van der Waals surface area contributed by atoms with Gasteiger partial charge >= 0.3 is 12.1 Å². The van der Waals surface area contributed by atoms with Crippen molar-refractivity contribution in [2.24, 2.45) is 5.73 Å². The van der Waals surface area contributed by atoms with Crippen LogP contribution in [0.4, 0.5) is 13.2 Å². The number of benzene rings is 2. The number of esters is 1. The van der Waals surface area contributed by atoms with Crippen LogP contribution in [0, 0.1) is 0 Å². The van der Waals surface area contributed by atoms with E-state index in [4.69, 9.17) is 5.73 Å². The molecule has 0 amide bonds. The summed E-state index contributed by atoms with van der Waals surface area (Å²) >= 11 is 0. The van der Waals surface area contributed by atoms with E-state index in [0.717, 1.165) is 28.8 Å². The quantitative estimate of drug-likeness (QED) is 0.849. The molecular formula is C18H18F3NO2. The zero-order chi connectivity index (χ0) is 17.7. The fourth-order valence-electron chi connectivity index (χ4n) is 2.45. The van der Waals surface area contributed by atoms with Crippen molar-refractivity contribution in [1.29, 1.82) is 0 Å². The molecule has 0 fully saturated rings. The molecule has 0 aliphatic carbocycles. The Bertz CT molecular complexity index is 709. The first-order valence-electron chi connectivity index (χ1n) is 7.41. The Balaban J connectivity index is 2.41. The average molecular weight is 337 g/mol. The molecule has 0 atom stereocenters. The third-order valence-corrected chi connectivity index (χ3v) is 3.69. The van der Waals surface area contributed by atoms with Gasteiger partial charge in [-0.25, -0.2) is 0 Å². The largest absolute Gasteiger partial charge is 0.469 e. The summed E-state index contributed by atoms with van der Waals surface area (Å²) in [4.78, 5) is 11.4. The molecule has 0 radical (unpaired) electrons. The zero-order valence-electron chi connectivity index (χ0n) is 13.2. The number of carbonyl (C=O) groups is 1. The average Bonchev–Trinajstić information content (AvgIpc) is 2.55. The minimum absolute atomic E-state index is 0.104. The Morgan fingerprint density at radius 2 is 1.79 bits per heavy atom. The van der Waals surface area contributed by atoms with Crippen molar-refractivity contribution in [3.63, 3.8) is 0 Å². The van der Waals surface area contributed by atoms with Gasteiger partial charge in [-0.1, -0.05) is 30.3 Å². The molecule has 0 saturated heterocycles. The molecule has 2 aromatic rings. The number of carbonyl (C=O) groups excluding carboxylic acids is 1. The van der Waals surface area contributed by atoms with Crippen LogP contribution in [-0.4, -0.2) is 19.6 Å². The van der Waals surface area contributed by atoms with Crippen LogP contribution in [0.3, 0.4) is 0 Å². The molecule has 0 saturated carbocycles. The lowest BCUT2D eigenvalue weighted by Gasteiger charge is -2.13. The predicted octanol–water partition coefficient (Wildman–Crippen LogP) is 3.59. The highest BCUT2D eigenvalue weighted by Crippen LogP contribution is 2.32. The van der Waals surface area contributed by atoms with Crippen LogP contribution in [0.15, 0.2) is 42.5 Å². The van der Waals surface area contributed by atoms with E-state index >= 15 is 0 Å². The number of alkyl halides is 3. The van der Waals surface area contributed by atoms with Gasteiger partial charge in [0.25, 0.3) is 0 Å². The minimum Gasteiger partial charge on any atom is -0.469 e. The predicted molar refractivity (Wildman–Crippen MR) is 85.4 cm³/mol. The van der Waals surface area contributed by atoms with Gasteiger partial charge in [-0.3, -0.25) is 4.79 Å². The van der Waals surface area contributed by atoms with Gasteiger partial charge < -0.3 is 10.5 Å². The van der Waals surface area contributed by atoms with Gasteiger partial charge in [0.15, 0.2) is 0 Å². The maximum atomic E-state index is 12.7. The Kier molecular flexibility index (Phi) is 5.62. The van der Waals surface area contributed by atoms with Crippen molar-refractivity contribution in [3.05, 3.63) is 59.2 Å². The highest BCUT2D eigenvalue weighted by Gasteiger charge is 2.30. The molecule has 0 aliphatic heterocycles. The lowest BCUT2D eigenvalue weighted by atomic mass is 9.94. The van der Waals surface area contributed by atoms with Gasteiger partial charge in [0, 0.05) is 0 Å². The molecule has 0 unspecified atom stereocenters. The fourth-order valence-corrected chi connectivity index (χ4v) is 2.45. The maximum absolute atomic E-state index is 12.7. The van der Waals surface area contributed by atoms with Crippen molar-refractivity contribution >= 4 is 5.97 Å². The Morgan fingerprint density at radius 1 is 1.12 bits per heavy atom. The second kappa shape index (κ2) is 7.49. The van der Waals surface area contributed by atoms with E-state index in [9.17, 15) is 18.0 Å². The van der Waals surface area contributed by atoms with Gasteiger partial charge in [0.2, 0.25) is 0 Å². The molecule has 0 aliphatic rings. The van der Waals surface area contributed by atoms with Crippen molar-refractivity contribution in [1.82, 2.24) is 0 Å². The van der Waals surface area contributed by atoms with Crippen LogP contribution in [0.25, 0.3) is 11.1 Å². The first-order valence-corrected chi connectivity index (χ1v) is 7.41. The van der Waals surface area contributed by atoms with E-state index in [2.05, 4.69) is 4.74 Å². The lowest BCUT2D eigenvalue weighted by molar-refractivity contribution is -0.140. The van der Waals surface area contributed by atoms with E-state index in [1.165, 1.54) is 19.2 Å². The number of rotatable bonds is 5. The maximum Gasteiger partial charge on any atom is 0.416 e. The van der Waals surface area contributed by atoms with Crippen molar-refractivity contribution in [3.8, 4) is 11.1 Å². The normalized spacial score (nSPS) is 11.4. The third kappa shape index (κ3) is 4.35. The molecule has 0 bridgehead atoms. The van der Waals surface area contributed by atoms with Crippen LogP contribution in [-0.2, 0) is 28.5 Å². The number of methoxy groups -OCH3 is 1. The van der Waals surface area contributed by atoms with Crippen LogP contribution in [0.1, 0.15) is 16.7 Å². The SMILES string of the molecule is COC(=O)Cc1ccc(CCN)c(-c2ccc(C(F)(F)F)cc2)c1. The van der Waals surface area contributed by atoms with E-state index in [-0.39, 0.29) is 12.4 Å². The first-order chi connectivity index (χ1) is 11.3. The minimum atomic E-state index is -4.37. The van der Waals surface area contributed by atoms with E-state index in [1.807, 2.05) is 6.07 Å². The summed E-state index contributed by atoms with van der Waals surface area (Å²) in [6.07, 6.45) is -3.67. The molecule has 0 spiro atoms. The monoisotopic (exact) mass is 337 g/mol. The molecule has 24 heavy (non-hydrogen) atoms. The van der Waals surface area contributed by atoms with Gasteiger partial charge in [-0.05, 0) is 47.4 Å². The standard InChI is InChI=1S/C18H18F3NO2/c1-24-17(23)11-12-2-3-14(8-9-22)16(10-12)13-4-6-15(7-5-13)18(19,20)21/h2-7,10H,8-9,11,22H2,1H3. The van der Waals surface area contributed by atoms with E-state index < -0.39 is 11.7 Å². The molecule has 2 N–H and O–H groups in total. The van der Waals surface area contributed by atoms with Crippen molar-refractivity contribution < 1.29 is 22.7 Å². The van der Waals surface area contributed by atoms with Gasteiger partial charge in [0.1, 0.15) is 0 Å². The summed E-state index contributed by atoms with van der Waals surface area (Å²) in [5, 5.41) is 0. The highest BCUT2D eigenvalue weighted by molar-refractivity contribution is 5.75. The molecule has 6 heteroatoms. The second-order valence-electron chi connectivity index (χ2n) is 5.36. The van der Waals surface area contributed by atoms with Gasteiger partial charge in [0.05, 0.1) is 19.1 Å². The third-order valence-electron chi connectivity index (χ3n) is 3.69. The van der Waals surface area contributed by atoms with Gasteiger partial charge in [-0.15, -0.1) is 0 Å². The summed E-state index contributed by atoms with van der Waals surface area (Å²) in [5.74, 6) is -0.375. The number of ether oxygens (including phenoxy) is 1. The summed E-state index contributed by atoms with van der Waals surface area (Å²) in [7, 11) is 1.31. The smallest absolute Gasteiger partial charge is 0.416 e. The van der Waals surface area contributed by atoms with E-state index in [1.54, 1.807) is 12.1 Å². The number of nitrogens with two attached hydrogens (primary N) is 1. The molecule has 0 aromatic heterocycles. The number of hydrogen-bond acceptors (Lipinski definition) is 3. The fraction of sp³-hybridized carbons (Fsp3) is 0.278. The van der Waals surface area contributed by atoms with Crippen molar-refractivity contribution in [2.45, 2.75) is 19.0 Å². The highest BCUT2D eigenvalue weighted by atomic mass is 19.4. The summed E-state index contributed by atoms with van der Waals surface area (Å²) in [5.41, 5.74) is 7.99. The first kappa shape index (κ1) is 18.0. The molecule has 0 heterocycles. The van der Waals surface area contributed by atoms with Crippen LogP contribution < -0.4 is 5.73 Å². The van der Waals surface area contributed by atoms with Crippen LogP contribution in [0.2, 0.25) is 0 Å². The number of halogens is 3. The summed E-state index contributed by atoms with van der Waals surface area (Å²) in [6, 6.07) is 10.4. The molecule has 3 nitrogen and oxygen atoms in total. The molecule has 2 aromatic carbocycles. The number of hydrogen-bond donors (Lipinski definition) is 1.